The molecule has 0 aliphatic heterocycles. The van der Waals surface area contributed by atoms with Gasteiger partial charge in [0, 0.05) is 15.1 Å². The minimum atomic E-state index is -0.0681. The maximum atomic E-state index is 12.1. The van der Waals surface area contributed by atoms with Crippen LogP contribution in [0, 0.1) is 13.8 Å². The number of thioether (sulfide) groups is 1. The number of carbonyl (C=O) groups is 1. The Balaban J connectivity index is 1.68. The molecule has 23 heavy (non-hydrogen) atoms. The van der Waals surface area contributed by atoms with Crippen molar-refractivity contribution in [3.05, 3.63) is 27.8 Å². The molecule has 0 bridgehead atoms. The van der Waals surface area contributed by atoms with Gasteiger partial charge in [-0.15, -0.1) is 22.7 Å². The summed E-state index contributed by atoms with van der Waals surface area (Å²) in [5.41, 5.74) is 0.959. The maximum Gasteiger partial charge on any atom is 0.236 e. The lowest BCUT2D eigenvalue weighted by atomic mass is 10.3. The number of rotatable bonds is 5. The first-order chi connectivity index (χ1) is 11.1. The van der Waals surface area contributed by atoms with Crippen molar-refractivity contribution in [1.82, 2.24) is 15.0 Å². The van der Waals surface area contributed by atoms with Crippen LogP contribution in [0.15, 0.2) is 17.4 Å². The molecule has 1 N–H and O–H groups in total. The fraction of sp³-hybridized carbons (Fsp3) is 0.333. The van der Waals surface area contributed by atoms with Gasteiger partial charge in [-0.25, -0.2) is 15.0 Å². The van der Waals surface area contributed by atoms with Gasteiger partial charge in [-0.3, -0.25) is 4.79 Å². The molecule has 0 radical (unpaired) electrons. The number of aromatic nitrogens is 3. The molecule has 0 aromatic carbocycles. The zero-order valence-corrected chi connectivity index (χ0v) is 15.5. The molecule has 0 saturated carbocycles. The largest absolute Gasteiger partial charge is 0.301 e. The van der Waals surface area contributed by atoms with Gasteiger partial charge in [-0.05, 0) is 26.3 Å². The van der Waals surface area contributed by atoms with Gasteiger partial charge in [0.25, 0.3) is 0 Å². The Hall–Kier alpha value is -1.51. The zero-order chi connectivity index (χ0) is 16.4. The maximum absolute atomic E-state index is 12.1. The standard InChI is InChI=1S/C15H16N4OS3/c1-4-10-5-11-13(16-7-17-14(11)23-10)21-6-12(20)19-15-18-8(2)9(3)22-15/h5,7H,4,6H2,1-3H3,(H,18,19,20). The fourth-order valence-corrected chi connectivity index (χ4v) is 4.59. The van der Waals surface area contributed by atoms with Crippen molar-refractivity contribution in [2.45, 2.75) is 32.2 Å². The van der Waals surface area contributed by atoms with Crippen LogP contribution in [0.5, 0.6) is 0 Å². The summed E-state index contributed by atoms with van der Waals surface area (Å²) in [7, 11) is 0. The number of thiazole rings is 1. The topological polar surface area (TPSA) is 67.8 Å². The van der Waals surface area contributed by atoms with Gasteiger partial charge in [0.1, 0.15) is 16.2 Å². The third kappa shape index (κ3) is 3.70. The average Bonchev–Trinajstić information content (AvgIpc) is 3.08. The molecule has 3 heterocycles. The molecule has 0 fully saturated rings. The van der Waals surface area contributed by atoms with Crippen LogP contribution in [0.3, 0.4) is 0 Å². The zero-order valence-electron chi connectivity index (χ0n) is 13.0. The Labute approximate surface area is 146 Å². The van der Waals surface area contributed by atoms with Crippen LogP contribution in [0.25, 0.3) is 10.2 Å². The molecule has 0 unspecified atom stereocenters. The van der Waals surface area contributed by atoms with Gasteiger partial charge < -0.3 is 5.32 Å². The van der Waals surface area contributed by atoms with Crippen molar-refractivity contribution in [1.29, 1.82) is 0 Å². The molecule has 120 valence electrons. The molecule has 0 aliphatic carbocycles. The average molecular weight is 365 g/mol. The molecule has 8 heteroatoms. The lowest BCUT2D eigenvalue weighted by molar-refractivity contribution is -0.113. The van der Waals surface area contributed by atoms with Crippen LogP contribution in [-0.2, 0) is 11.2 Å². The quantitative estimate of drug-likeness (QED) is 0.546. The van der Waals surface area contributed by atoms with Gasteiger partial charge in [0.2, 0.25) is 5.91 Å². The van der Waals surface area contributed by atoms with Crippen LogP contribution >= 0.6 is 34.4 Å². The Morgan fingerprint density at radius 3 is 2.83 bits per heavy atom. The van der Waals surface area contributed by atoms with Crippen molar-refractivity contribution < 1.29 is 4.79 Å². The van der Waals surface area contributed by atoms with E-state index in [2.05, 4.69) is 33.3 Å². The summed E-state index contributed by atoms with van der Waals surface area (Å²) in [6.45, 7) is 6.06. The number of carbonyl (C=O) groups excluding carboxylic acids is 1. The molecule has 3 aromatic heterocycles. The summed E-state index contributed by atoms with van der Waals surface area (Å²) in [4.78, 5) is 28.4. The van der Waals surface area contributed by atoms with Crippen molar-refractivity contribution in [2.24, 2.45) is 0 Å². The molecule has 3 aromatic rings. The Morgan fingerprint density at radius 1 is 1.30 bits per heavy atom. The molecule has 1 amide bonds. The van der Waals surface area contributed by atoms with Crippen molar-refractivity contribution in [3.8, 4) is 0 Å². The highest BCUT2D eigenvalue weighted by molar-refractivity contribution is 8.00. The second-order valence-electron chi connectivity index (χ2n) is 4.96. The first-order valence-corrected chi connectivity index (χ1v) is 9.78. The van der Waals surface area contributed by atoms with E-state index in [0.717, 1.165) is 32.2 Å². The van der Waals surface area contributed by atoms with Gasteiger partial charge >= 0.3 is 0 Å². The van der Waals surface area contributed by atoms with Crippen molar-refractivity contribution in [2.75, 3.05) is 11.1 Å². The minimum absolute atomic E-state index is 0.0681. The highest BCUT2D eigenvalue weighted by Crippen LogP contribution is 2.31. The predicted octanol–water partition coefficient (Wildman–Crippen LogP) is 4.06. The van der Waals surface area contributed by atoms with Crippen LogP contribution < -0.4 is 5.32 Å². The highest BCUT2D eigenvalue weighted by Gasteiger charge is 2.12. The van der Waals surface area contributed by atoms with E-state index in [0.29, 0.717) is 10.9 Å². The van der Waals surface area contributed by atoms with E-state index in [1.54, 1.807) is 17.7 Å². The number of fused-ring (bicyclic) bond motifs is 1. The number of nitrogens with zero attached hydrogens (tertiary/aromatic N) is 3. The summed E-state index contributed by atoms with van der Waals surface area (Å²) in [5, 5.41) is 5.39. The van der Waals surface area contributed by atoms with Gasteiger partial charge in [0.15, 0.2) is 5.13 Å². The van der Waals surface area contributed by atoms with E-state index in [1.807, 2.05) is 13.8 Å². The minimum Gasteiger partial charge on any atom is -0.301 e. The first kappa shape index (κ1) is 16.4. The van der Waals surface area contributed by atoms with Gasteiger partial charge in [-0.2, -0.15) is 0 Å². The summed E-state index contributed by atoms with van der Waals surface area (Å²) in [6.07, 6.45) is 2.54. The predicted molar refractivity (Wildman–Crippen MR) is 97.7 cm³/mol. The highest BCUT2D eigenvalue weighted by atomic mass is 32.2. The van der Waals surface area contributed by atoms with E-state index in [9.17, 15) is 4.79 Å². The third-order valence-electron chi connectivity index (χ3n) is 3.31. The second kappa shape index (κ2) is 6.94. The SMILES string of the molecule is CCc1cc2c(SCC(=O)Nc3nc(C)c(C)s3)ncnc2s1. The lowest BCUT2D eigenvalue weighted by Gasteiger charge is -2.02. The monoisotopic (exact) mass is 364 g/mol. The molecule has 0 spiro atoms. The number of hydrogen-bond acceptors (Lipinski definition) is 7. The molecule has 0 saturated heterocycles. The molecular weight excluding hydrogens is 348 g/mol. The number of hydrogen-bond donors (Lipinski definition) is 1. The number of thiophene rings is 1. The van der Waals surface area contributed by atoms with Crippen LogP contribution in [-0.4, -0.2) is 26.6 Å². The van der Waals surface area contributed by atoms with E-state index >= 15 is 0 Å². The molecule has 5 nitrogen and oxygen atoms in total. The number of amides is 1. The van der Waals surface area contributed by atoms with Crippen LogP contribution in [0.4, 0.5) is 5.13 Å². The molecular formula is C15H16N4OS3. The smallest absolute Gasteiger partial charge is 0.236 e. The Bertz CT molecular complexity index is 836. The fourth-order valence-electron chi connectivity index (χ4n) is 1.99. The second-order valence-corrected chi connectivity index (χ2v) is 8.24. The van der Waals surface area contributed by atoms with Gasteiger partial charge in [-0.1, -0.05) is 18.7 Å². The van der Waals surface area contributed by atoms with E-state index < -0.39 is 0 Å². The summed E-state index contributed by atoms with van der Waals surface area (Å²) < 4.78 is 0. The van der Waals surface area contributed by atoms with Gasteiger partial charge in [0.05, 0.1) is 11.4 Å². The molecule has 3 rings (SSSR count). The summed E-state index contributed by atoms with van der Waals surface area (Å²) in [6, 6.07) is 2.12. The van der Waals surface area contributed by atoms with Crippen LogP contribution in [0.2, 0.25) is 0 Å². The van der Waals surface area contributed by atoms with E-state index in [-0.39, 0.29) is 5.91 Å². The van der Waals surface area contributed by atoms with E-state index in [1.165, 1.54) is 28.0 Å². The summed E-state index contributed by atoms with van der Waals surface area (Å²) in [5.74, 6) is 0.239. The Kier molecular flexibility index (Phi) is 4.93. The lowest BCUT2D eigenvalue weighted by Crippen LogP contribution is -2.13. The number of nitrogens with one attached hydrogen (secondary N) is 1. The number of anilines is 1. The third-order valence-corrected chi connectivity index (χ3v) is 6.49. The molecule has 0 aliphatic rings. The van der Waals surface area contributed by atoms with E-state index in [4.69, 9.17) is 0 Å². The number of aryl methyl sites for hydroxylation is 3. The molecule has 0 atom stereocenters. The normalized spacial score (nSPS) is 11.1. The van der Waals surface area contributed by atoms with Crippen molar-refractivity contribution >= 4 is 55.7 Å². The Morgan fingerprint density at radius 2 is 2.13 bits per heavy atom. The first-order valence-electron chi connectivity index (χ1n) is 7.17. The van der Waals surface area contributed by atoms with Crippen LogP contribution in [0.1, 0.15) is 22.4 Å². The summed E-state index contributed by atoms with van der Waals surface area (Å²) >= 11 is 4.61. The van der Waals surface area contributed by atoms with Crippen molar-refractivity contribution in [3.63, 3.8) is 0 Å².